The summed E-state index contributed by atoms with van der Waals surface area (Å²) in [5.41, 5.74) is 8.17. The highest BCUT2D eigenvalue weighted by Gasteiger charge is 2.31. The summed E-state index contributed by atoms with van der Waals surface area (Å²) in [6.45, 7) is 5.46. The van der Waals surface area contributed by atoms with E-state index >= 15 is 0 Å². The number of carbonyl (C=O) groups excluding carboxylic acids is 1. The highest BCUT2D eigenvalue weighted by molar-refractivity contribution is 5.68. The van der Waals surface area contributed by atoms with Crippen LogP contribution >= 0.6 is 0 Å². The van der Waals surface area contributed by atoms with E-state index in [-0.39, 0.29) is 5.92 Å². The molecule has 1 aliphatic carbocycles. The number of amides is 1. The van der Waals surface area contributed by atoms with E-state index in [9.17, 15) is 4.79 Å². The van der Waals surface area contributed by atoms with Crippen molar-refractivity contribution in [3.8, 4) is 0 Å². The molecule has 1 atom stereocenters. The predicted molar refractivity (Wildman–Crippen MR) is 73.5 cm³/mol. The van der Waals surface area contributed by atoms with E-state index in [1.165, 1.54) is 11.3 Å². The normalized spacial score (nSPS) is 18.3. The number of nitrogens with zero attached hydrogens (tertiary/aromatic N) is 4. The Morgan fingerprint density at radius 3 is 2.42 bits per heavy atom. The molecule has 1 unspecified atom stereocenters. The maximum Gasteiger partial charge on any atom is 0.410 e. The van der Waals surface area contributed by atoms with Crippen LogP contribution in [0.1, 0.15) is 52.9 Å². The Hall–Kier alpha value is -1.42. The van der Waals surface area contributed by atoms with E-state index in [0.717, 1.165) is 25.7 Å². The molecule has 0 aliphatic heterocycles. The van der Waals surface area contributed by atoms with Crippen LogP contribution in [-0.2, 0) is 4.74 Å². The van der Waals surface area contributed by atoms with Crippen LogP contribution in [0.2, 0.25) is 0 Å². The number of hydrogen-bond acceptors (Lipinski definition) is 3. The second kappa shape index (κ2) is 6.66. The molecule has 0 heterocycles. The van der Waals surface area contributed by atoms with Crippen LogP contribution in [0.4, 0.5) is 4.79 Å². The highest BCUT2D eigenvalue weighted by atomic mass is 16.6. The SMILES string of the molecule is CN(C(=O)OC(C)(C)C)C(N=[N+]=[N-])C1CCCCC1. The van der Waals surface area contributed by atoms with Crippen molar-refractivity contribution in [1.82, 2.24) is 4.90 Å². The average molecular weight is 268 g/mol. The van der Waals surface area contributed by atoms with Gasteiger partial charge in [0.15, 0.2) is 0 Å². The Morgan fingerprint density at radius 1 is 1.37 bits per heavy atom. The summed E-state index contributed by atoms with van der Waals surface area (Å²) in [5.74, 6) is 0.238. The van der Waals surface area contributed by atoms with E-state index < -0.39 is 17.9 Å². The zero-order valence-electron chi connectivity index (χ0n) is 12.3. The summed E-state index contributed by atoms with van der Waals surface area (Å²) in [6.07, 6.45) is 4.59. The van der Waals surface area contributed by atoms with Gasteiger partial charge in [-0.1, -0.05) is 24.4 Å². The average Bonchev–Trinajstić information content (AvgIpc) is 2.34. The van der Waals surface area contributed by atoms with E-state index in [0.29, 0.717) is 0 Å². The molecule has 1 rings (SSSR count). The molecule has 0 aromatic rings. The molecule has 108 valence electrons. The minimum Gasteiger partial charge on any atom is -0.444 e. The number of hydrogen-bond donors (Lipinski definition) is 0. The maximum absolute atomic E-state index is 12.0. The molecule has 1 fully saturated rings. The van der Waals surface area contributed by atoms with Crippen LogP contribution in [-0.4, -0.2) is 29.8 Å². The van der Waals surface area contributed by atoms with Crippen LogP contribution in [0.3, 0.4) is 0 Å². The standard InChI is InChI=1S/C13H24N4O2/c1-13(2,3)19-12(18)17(4)11(15-16-14)10-8-6-5-7-9-10/h10-11H,5-9H2,1-4H3. The third-order valence-electron chi connectivity index (χ3n) is 3.32. The zero-order valence-corrected chi connectivity index (χ0v) is 12.3. The number of azide groups is 1. The monoisotopic (exact) mass is 268 g/mol. The van der Waals surface area contributed by atoms with Gasteiger partial charge in [0.05, 0.1) is 0 Å². The topological polar surface area (TPSA) is 78.3 Å². The summed E-state index contributed by atoms with van der Waals surface area (Å²) >= 11 is 0. The van der Waals surface area contributed by atoms with Gasteiger partial charge >= 0.3 is 6.09 Å². The van der Waals surface area contributed by atoms with E-state index in [4.69, 9.17) is 10.3 Å². The van der Waals surface area contributed by atoms with E-state index in [1.807, 2.05) is 20.8 Å². The molecule has 19 heavy (non-hydrogen) atoms. The molecule has 6 nitrogen and oxygen atoms in total. The molecule has 0 N–H and O–H groups in total. The number of rotatable bonds is 3. The molecule has 0 bridgehead atoms. The van der Waals surface area contributed by atoms with Gasteiger partial charge in [-0.2, -0.15) is 0 Å². The van der Waals surface area contributed by atoms with Gasteiger partial charge in [0.2, 0.25) is 0 Å². The van der Waals surface area contributed by atoms with Crippen LogP contribution < -0.4 is 0 Å². The maximum atomic E-state index is 12.0. The lowest BCUT2D eigenvalue weighted by atomic mass is 9.87. The fraction of sp³-hybridized carbons (Fsp3) is 0.923. The van der Waals surface area contributed by atoms with Crippen LogP contribution in [0.5, 0.6) is 0 Å². The third-order valence-corrected chi connectivity index (χ3v) is 3.32. The number of carbonyl (C=O) groups is 1. The second-order valence-electron chi connectivity index (χ2n) is 6.11. The van der Waals surface area contributed by atoms with E-state index in [2.05, 4.69) is 10.0 Å². The molecular formula is C13H24N4O2. The van der Waals surface area contributed by atoms with Gasteiger partial charge < -0.3 is 9.64 Å². The lowest BCUT2D eigenvalue weighted by Crippen LogP contribution is -2.43. The van der Waals surface area contributed by atoms with Gasteiger partial charge in [-0.05, 0) is 45.1 Å². The Labute approximate surface area is 114 Å². The summed E-state index contributed by atoms with van der Waals surface area (Å²) in [6, 6.07) is 0. The molecule has 0 radical (unpaired) electrons. The van der Waals surface area contributed by atoms with Gasteiger partial charge in [-0.15, -0.1) is 0 Å². The molecule has 1 amide bonds. The first-order valence-electron chi connectivity index (χ1n) is 6.85. The van der Waals surface area contributed by atoms with Crippen molar-refractivity contribution in [3.05, 3.63) is 10.4 Å². The molecule has 0 spiro atoms. The Kier molecular flexibility index (Phi) is 5.48. The third kappa shape index (κ3) is 4.99. The van der Waals surface area contributed by atoms with Crippen molar-refractivity contribution in [1.29, 1.82) is 0 Å². The van der Waals surface area contributed by atoms with E-state index in [1.54, 1.807) is 7.05 Å². The fourth-order valence-electron chi connectivity index (χ4n) is 2.42. The Morgan fingerprint density at radius 2 is 1.95 bits per heavy atom. The lowest BCUT2D eigenvalue weighted by Gasteiger charge is -2.34. The summed E-state index contributed by atoms with van der Waals surface area (Å²) in [7, 11) is 1.64. The Balaban J connectivity index is 2.74. The van der Waals surface area contributed by atoms with Crippen molar-refractivity contribution in [2.24, 2.45) is 11.0 Å². The second-order valence-corrected chi connectivity index (χ2v) is 6.11. The summed E-state index contributed by atoms with van der Waals surface area (Å²) in [5, 5.41) is 3.80. The van der Waals surface area contributed by atoms with Gasteiger partial charge in [-0.25, -0.2) is 4.79 Å². The predicted octanol–water partition coefficient (Wildman–Crippen LogP) is 4.07. The molecule has 1 aliphatic rings. The highest BCUT2D eigenvalue weighted by Crippen LogP contribution is 2.30. The quantitative estimate of drug-likeness (QED) is 0.439. The van der Waals surface area contributed by atoms with Crippen molar-refractivity contribution < 1.29 is 9.53 Å². The van der Waals surface area contributed by atoms with Crippen molar-refractivity contribution in [3.63, 3.8) is 0 Å². The van der Waals surface area contributed by atoms with Crippen molar-refractivity contribution in [2.45, 2.75) is 64.6 Å². The molecular weight excluding hydrogens is 244 g/mol. The summed E-state index contributed by atoms with van der Waals surface area (Å²) < 4.78 is 5.32. The van der Waals surface area contributed by atoms with Gasteiger partial charge in [0.1, 0.15) is 11.8 Å². The largest absolute Gasteiger partial charge is 0.444 e. The molecule has 1 saturated carbocycles. The van der Waals surface area contributed by atoms with Crippen LogP contribution in [0.25, 0.3) is 10.4 Å². The van der Waals surface area contributed by atoms with Crippen LogP contribution in [0, 0.1) is 5.92 Å². The smallest absolute Gasteiger partial charge is 0.410 e. The van der Waals surface area contributed by atoms with Gasteiger partial charge in [0, 0.05) is 12.0 Å². The van der Waals surface area contributed by atoms with Crippen molar-refractivity contribution >= 4 is 6.09 Å². The first-order chi connectivity index (χ1) is 8.85. The zero-order chi connectivity index (χ0) is 14.5. The minimum atomic E-state index is -0.543. The first kappa shape index (κ1) is 15.6. The fourth-order valence-corrected chi connectivity index (χ4v) is 2.42. The van der Waals surface area contributed by atoms with Gasteiger partial charge in [0.25, 0.3) is 0 Å². The molecule has 6 heteroatoms. The lowest BCUT2D eigenvalue weighted by molar-refractivity contribution is 0.0148. The minimum absolute atomic E-state index is 0.238. The molecule has 0 aromatic heterocycles. The molecule has 0 saturated heterocycles. The summed E-state index contributed by atoms with van der Waals surface area (Å²) in [4.78, 5) is 16.4. The van der Waals surface area contributed by atoms with Crippen molar-refractivity contribution in [2.75, 3.05) is 7.05 Å². The Bertz CT molecular complexity index is 352. The van der Waals surface area contributed by atoms with Gasteiger partial charge in [-0.3, -0.25) is 0 Å². The number of ether oxygens (including phenoxy) is 1. The first-order valence-corrected chi connectivity index (χ1v) is 6.85. The molecule has 0 aromatic carbocycles. The van der Waals surface area contributed by atoms with Crippen LogP contribution in [0.15, 0.2) is 5.11 Å².